The van der Waals surface area contributed by atoms with Crippen molar-refractivity contribution in [3.8, 4) is 0 Å². The molecule has 0 radical (unpaired) electrons. The summed E-state index contributed by atoms with van der Waals surface area (Å²) in [6.07, 6.45) is 1.89. The first kappa shape index (κ1) is 22.0. The van der Waals surface area contributed by atoms with Crippen LogP contribution in [0.4, 0.5) is 34.1 Å². The van der Waals surface area contributed by atoms with E-state index in [-0.39, 0.29) is 6.71 Å². The summed E-state index contributed by atoms with van der Waals surface area (Å²) in [6.45, 7) is 0.151. The summed E-state index contributed by atoms with van der Waals surface area (Å²) in [7, 11) is 0. The summed E-state index contributed by atoms with van der Waals surface area (Å²) in [4.78, 5) is 10.7. The maximum Gasteiger partial charge on any atom is 0.252 e. The molecule has 0 spiro atoms. The largest absolute Gasteiger partial charge is 0.311 e. The first-order valence-electron chi connectivity index (χ1n) is 13.6. The molecule has 186 valence electrons. The van der Waals surface area contributed by atoms with Gasteiger partial charge in [-0.15, -0.1) is 11.3 Å². The Morgan fingerprint density at radius 2 is 1.10 bits per heavy atom. The number of para-hydroxylation sites is 3. The zero-order valence-corrected chi connectivity index (χ0v) is 22.3. The molecule has 0 saturated carbocycles. The number of nitrogens with zero attached hydrogens (tertiary/aromatic N) is 3. The lowest BCUT2D eigenvalue weighted by Crippen LogP contribution is -2.61. The quantitative estimate of drug-likeness (QED) is 0.217. The van der Waals surface area contributed by atoms with Crippen LogP contribution >= 0.6 is 11.3 Å². The zero-order chi connectivity index (χ0) is 26.2. The van der Waals surface area contributed by atoms with Gasteiger partial charge in [0.05, 0.1) is 10.4 Å². The minimum atomic E-state index is 0.151. The van der Waals surface area contributed by atoms with Gasteiger partial charge in [-0.05, 0) is 71.0 Å². The lowest BCUT2D eigenvalue weighted by molar-refractivity contribution is 1.26. The minimum Gasteiger partial charge on any atom is -0.311 e. The Labute approximate surface area is 236 Å². The molecule has 9 rings (SSSR count). The van der Waals surface area contributed by atoms with E-state index in [0.29, 0.717) is 0 Å². The Balaban J connectivity index is 1.38. The molecule has 2 aliphatic rings. The van der Waals surface area contributed by atoms with Gasteiger partial charge in [0.15, 0.2) is 0 Å². The van der Waals surface area contributed by atoms with Gasteiger partial charge in [-0.3, -0.25) is 0 Å². The third-order valence-electron chi connectivity index (χ3n) is 8.32. The van der Waals surface area contributed by atoms with Crippen LogP contribution in [0.3, 0.4) is 0 Å². The van der Waals surface area contributed by atoms with Gasteiger partial charge in [-0.25, -0.2) is 4.98 Å². The van der Waals surface area contributed by atoms with Gasteiger partial charge in [0.1, 0.15) is 4.83 Å². The molecule has 5 aromatic carbocycles. The molecule has 0 unspecified atom stereocenters. The van der Waals surface area contributed by atoms with Crippen LogP contribution < -0.4 is 26.2 Å². The number of fused-ring (bicyclic) bond motifs is 7. The second kappa shape index (κ2) is 8.32. The van der Waals surface area contributed by atoms with E-state index in [1.165, 1.54) is 66.0 Å². The monoisotopic (exact) mass is 527 g/mol. The van der Waals surface area contributed by atoms with Crippen LogP contribution in [0.5, 0.6) is 0 Å². The van der Waals surface area contributed by atoms with Crippen LogP contribution in [0, 0.1) is 0 Å². The topological polar surface area (TPSA) is 19.4 Å². The standard InChI is InChI=1S/C35H22BN3S/c1-2-11-23(12-3-1)38-28-17-6-4-15-26(28)36-27-16-5-7-18-29(27)39(31-20-9-19-30(38)33(31)36)32-21-8-13-24-25-14-10-22-37-35(25)40-34(24)32/h1-22H. The van der Waals surface area contributed by atoms with Crippen LogP contribution in [0.25, 0.3) is 20.3 Å². The molecule has 40 heavy (non-hydrogen) atoms. The van der Waals surface area contributed by atoms with E-state index in [1.54, 1.807) is 11.3 Å². The predicted octanol–water partition coefficient (Wildman–Crippen LogP) is 7.53. The summed E-state index contributed by atoms with van der Waals surface area (Å²) < 4.78 is 1.26. The van der Waals surface area contributed by atoms with Crippen LogP contribution in [-0.4, -0.2) is 11.7 Å². The number of rotatable bonds is 2. The van der Waals surface area contributed by atoms with Crippen molar-refractivity contribution in [2.24, 2.45) is 0 Å². The fourth-order valence-electron chi connectivity index (χ4n) is 6.74. The van der Waals surface area contributed by atoms with Crippen LogP contribution in [0.1, 0.15) is 0 Å². The Kier molecular flexibility index (Phi) is 4.57. The van der Waals surface area contributed by atoms with Crippen molar-refractivity contribution in [3.63, 3.8) is 0 Å². The molecule has 0 bridgehead atoms. The molecule has 0 amide bonds. The van der Waals surface area contributed by atoms with E-state index in [0.717, 1.165) is 4.83 Å². The summed E-state index contributed by atoms with van der Waals surface area (Å²) >= 11 is 1.78. The number of thiophene rings is 1. The molecule has 4 heterocycles. The summed E-state index contributed by atoms with van der Waals surface area (Å²) in [5.74, 6) is 0. The van der Waals surface area contributed by atoms with Crippen LogP contribution in [0.2, 0.25) is 0 Å². The van der Waals surface area contributed by atoms with Crippen molar-refractivity contribution in [1.29, 1.82) is 0 Å². The second-order valence-corrected chi connectivity index (χ2v) is 11.4. The number of pyridine rings is 1. The molecular weight excluding hydrogens is 505 g/mol. The minimum absolute atomic E-state index is 0.151. The third kappa shape index (κ3) is 2.93. The van der Waals surface area contributed by atoms with Crippen molar-refractivity contribution in [1.82, 2.24) is 4.98 Å². The Morgan fingerprint density at radius 1 is 0.500 bits per heavy atom. The summed E-state index contributed by atoms with van der Waals surface area (Å²) in [5, 5.41) is 2.47. The fraction of sp³-hybridized carbons (Fsp3) is 0. The zero-order valence-electron chi connectivity index (χ0n) is 21.5. The van der Waals surface area contributed by atoms with E-state index in [4.69, 9.17) is 4.98 Å². The SMILES string of the molecule is c1ccc(N2c3ccccc3B3c4ccccc4N(c4cccc5c4sc4ncccc45)c4cccc2c43)cc1. The first-order valence-corrected chi connectivity index (χ1v) is 14.4. The van der Waals surface area contributed by atoms with Gasteiger partial charge in [-0.2, -0.15) is 0 Å². The highest BCUT2D eigenvalue weighted by Gasteiger charge is 2.42. The Bertz CT molecular complexity index is 2100. The number of anilines is 6. The number of hydrogen-bond acceptors (Lipinski definition) is 4. The third-order valence-corrected chi connectivity index (χ3v) is 9.47. The van der Waals surface area contributed by atoms with E-state index in [1.807, 2.05) is 12.3 Å². The second-order valence-electron chi connectivity index (χ2n) is 10.4. The smallest absolute Gasteiger partial charge is 0.252 e. The van der Waals surface area contributed by atoms with E-state index < -0.39 is 0 Å². The van der Waals surface area contributed by atoms with Crippen LogP contribution in [-0.2, 0) is 0 Å². The molecule has 0 saturated heterocycles. The van der Waals surface area contributed by atoms with Crippen molar-refractivity contribution >= 4 is 88.9 Å². The lowest BCUT2D eigenvalue weighted by Gasteiger charge is -2.44. The van der Waals surface area contributed by atoms with E-state index in [2.05, 4.69) is 131 Å². The molecule has 5 heteroatoms. The molecule has 2 aliphatic heterocycles. The van der Waals surface area contributed by atoms with Crippen molar-refractivity contribution in [2.45, 2.75) is 0 Å². The number of benzene rings is 5. The van der Waals surface area contributed by atoms with E-state index in [9.17, 15) is 0 Å². The highest BCUT2D eigenvalue weighted by atomic mass is 32.1. The predicted molar refractivity (Wildman–Crippen MR) is 171 cm³/mol. The molecule has 0 atom stereocenters. The maximum absolute atomic E-state index is 4.70. The van der Waals surface area contributed by atoms with Crippen LogP contribution in [0.15, 0.2) is 134 Å². The highest BCUT2D eigenvalue weighted by molar-refractivity contribution is 7.26. The molecule has 0 aliphatic carbocycles. The molecule has 0 N–H and O–H groups in total. The average Bonchev–Trinajstić information content (AvgIpc) is 3.41. The normalized spacial score (nSPS) is 13.3. The molecule has 3 nitrogen and oxygen atoms in total. The van der Waals surface area contributed by atoms with Gasteiger partial charge in [0.2, 0.25) is 0 Å². The lowest BCUT2D eigenvalue weighted by atomic mass is 9.33. The van der Waals surface area contributed by atoms with Gasteiger partial charge in [0.25, 0.3) is 6.71 Å². The van der Waals surface area contributed by atoms with Gasteiger partial charge in [0, 0.05) is 45.4 Å². The molecule has 0 fully saturated rings. The van der Waals surface area contributed by atoms with Crippen molar-refractivity contribution in [3.05, 3.63) is 134 Å². The number of aromatic nitrogens is 1. The molecular formula is C35H22BN3S. The summed E-state index contributed by atoms with van der Waals surface area (Å²) in [5.41, 5.74) is 11.3. The number of hydrogen-bond donors (Lipinski definition) is 0. The summed E-state index contributed by atoms with van der Waals surface area (Å²) in [6, 6.07) is 46.3. The van der Waals surface area contributed by atoms with E-state index >= 15 is 0 Å². The average molecular weight is 527 g/mol. The fourth-order valence-corrected chi connectivity index (χ4v) is 7.89. The van der Waals surface area contributed by atoms with Crippen molar-refractivity contribution < 1.29 is 0 Å². The van der Waals surface area contributed by atoms with Gasteiger partial charge in [-0.1, -0.05) is 72.8 Å². The molecule has 2 aromatic heterocycles. The Hall–Kier alpha value is -4.87. The van der Waals surface area contributed by atoms with Crippen molar-refractivity contribution in [2.75, 3.05) is 9.80 Å². The maximum atomic E-state index is 4.70. The Morgan fingerprint density at radius 3 is 1.90 bits per heavy atom. The van der Waals surface area contributed by atoms with Gasteiger partial charge >= 0.3 is 0 Å². The first-order chi connectivity index (χ1) is 19.9. The highest BCUT2D eigenvalue weighted by Crippen LogP contribution is 2.47. The molecule has 7 aromatic rings. The van der Waals surface area contributed by atoms with Gasteiger partial charge < -0.3 is 9.80 Å².